The van der Waals surface area contributed by atoms with E-state index in [1.165, 1.54) is 5.56 Å². The molecule has 0 radical (unpaired) electrons. The first-order valence-electron chi connectivity index (χ1n) is 6.04. The zero-order valence-electron chi connectivity index (χ0n) is 10.5. The molecule has 2 heteroatoms. The summed E-state index contributed by atoms with van der Waals surface area (Å²) in [5.41, 5.74) is 1.27. The molecule has 0 fully saturated rings. The second kappa shape index (κ2) is 6.66. The van der Waals surface area contributed by atoms with Crippen LogP contribution >= 0.6 is 0 Å². The van der Waals surface area contributed by atoms with Gasteiger partial charge >= 0.3 is 0 Å². The fourth-order valence-corrected chi connectivity index (χ4v) is 1.64. The van der Waals surface area contributed by atoms with Crippen molar-refractivity contribution in [1.82, 2.24) is 5.32 Å². The highest BCUT2D eigenvalue weighted by atomic mass is 16.3. The summed E-state index contributed by atoms with van der Waals surface area (Å²) in [6.45, 7) is 6.73. The van der Waals surface area contributed by atoms with Gasteiger partial charge in [-0.25, -0.2) is 0 Å². The predicted octanol–water partition coefficient (Wildman–Crippen LogP) is 2.22. The van der Waals surface area contributed by atoms with Crippen LogP contribution in [0.2, 0.25) is 0 Å². The van der Waals surface area contributed by atoms with Crippen LogP contribution in [0.15, 0.2) is 30.3 Å². The Labute approximate surface area is 98.7 Å². The molecule has 1 unspecified atom stereocenters. The SMILES string of the molecule is CC(C)C(C)N[C@H](CO)Cc1ccccc1. The van der Waals surface area contributed by atoms with Gasteiger partial charge in [-0.3, -0.25) is 0 Å². The smallest absolute Gasteiger partial charge is 0.0587 e. The van der Waals surface area contributed by atoms with Crippen LogP contribution in [-0.4, -0.2) is 23.8 Å². The van der Waals surface area contributed by atoms with Crippen molar-refractivity contribution in [3.63, 3.8) is 0 Å². The number of rotatable bonds is 6. The minimum Gasteiger partial charge on any atom is -0.395 e. The molecule has 0 spiro atoms. The highest BCUT2D eigenvalue weighted by molar-refractivity contribution is 5.15. The van der Waals surface area contributed by atoms with Gasteiger partial charge in [-0.1, -0.05) is 44.2 Å². The van der Waals surface area contributed by atoms with Crippen molar-refractivity contribution in [2.75, 3.05) is 6.61 Å². The average Bonchev–Trinajstić information content (AvgIpc) is 2.29. The Hall–Kier alpha value is -0.860. The van der Waals surface area contributed by atoms with E-state index in [1.807, 2.05) is 18.2 Å². The minimum atomic E-state index is 0.153. The molecule has 0 heterocycles. The number of hydrogen-bond acceptors (Lipinski definition) is 2. The lowest BCUT2D eigenvalue weighted by atomic mass is 10.0. The van der Waals surface area contributed by atoms with Crippen molar-refractivity contribution in [3.05, 3.63) is 35.9 Å². The Morgan fingerprint density at radius 2 is 1.75 bits per heavy atom. The molecule has 1 aromatic rings. The first-order valence-corrected chi connectivity index (χ1v) is 6.04. The number of benzene rings is 1. The number of aliphatic hydroxyl groups is 1. The van der Waals surface area contributed by atoms with Gasteiger partial charge in [-0.05, 0) is 24.8 Å². The van der Waals surface area contributed by atoms with Gasteiger partial charge in [0.1, 0.15) is 0 Å². The monoisotopic (exact) mass is 221 g/mol. The van der Waals surface area contributed by atoms with Gasteiger partial charge in [0.15, 0.2) is 0 Å². The first-order chi connectivity index (χ1) is 7.63. The quantitative estimate of drug-likeness (QED) is 0.772. The molecule has 1 rings (SSSR count). The van der Waals surface area contributed by atoms with Crippen molar-refractivity contribution < 1.29 is 5.11 Å². The molecule has 2 atom stereocenters. The summed E-state index contributed by atoms with van der Waals surface area (Å²) in [6, 6.07) is 10.9. The molecule has 90 valence electrons. The van der Waals surface area contributed by atoms with E-state index in [4.69, 9.17) is 0 Å². The lowest BCUT2D eigenvalue weighted by molar-refractivity contribution is 0.222. The molecule has 0 aromatic heterocycles. The topological polar surface area (TPSA) is 32.3 Å². The molecule has 0 saturated heterocycles. The van der Waals surface area contributed by atoms with E-state index in [9.17, 15) is 5.11 Å². The Morgan fingerprint density at radius 3 is 2.25 bits per heavy atom. The van der Waals surface area contributed by atoms with E-state index in [2.05, 4.69) is 38.2 Å². The molecule has 0 bridgehead atoms. The lowest BCUT2D eigenvalue weighted by Crippen LogP contribution is -2.42. The second-order valence-electron chi connectivity index (χ2n) is 4.77. The van der Waals surface area contributed by atoms with E-state index in [0.29, 0.717) is 12.0 Å². The molecule has 2 nitrogen and oxygen atoms in total. The van der Waals surface area contributed by atoms with Crippen molar-refractivity contribution in [2.24, 2.45) is 5.92 Å². The van der Waals surface area contributed by atoms with Gasteiger partial charge in [0.05, 0.1) is 6.61 Å². The summed E-state index contributed by atoms with van der Waals surface area (Å²) < 4.78 is 0. The molecule has 0 saturated carbocycles. The Kier molecular flexibility index (Phi) is 5.50. The Bertz CT molecular complexity index is 284. The molecule has 16 heavy (non-hydrogen) atoms. The summed E-state index contributed by atoms with van der Waals surface area (Å²) in [4.78, 5) is 0. The molecule has 0 amide bonds. The Balaban J connectivity index is 2.49. The van der Waals surface area contributed by atoms with Crippen molar-refractivity contribution in [3.8, 4) is 0 Å². The van der Waals surface area contributed by atoms with Gasteiger partial charge in [0, 0.05) is 12.1 Å². The van der Waals surface area contributed by atoms with Crippen LogP contribution in [-0.2, 0) is 6.42 Å². The van der Waals surface area contributed by atoms with Crippen LogP contribution in [0.4, 0.5) is 0 Å². The van der Waals surface area contributed by atoms with E-state index < -0.39 is 0 Å². The van der Waals surface area contributed by atoms with E-state index in [1.54, 1.807) is 0 Å². The molecule has 2 N–H and O–H groups in total. The normalized spacial score (nSPS) is 15.1. The number of nitrogens with one attached hydrogen (secondary N) is 1. The minimum absolute atomic E-state index is 0.153. The summed E-state index contributed by atoms with van der Waals surface area (Å²) in [5, 5.41) is 12.8. The second-order valence-corrected chi connectivity index (χ2v) is 4.77. The standard InChI is InChI=1S/C14H23NO/c1-11(2)12(3)15-14(10-16)9-13-7-5-4-6-8-13/h4-8,11-12,14-16H,9-10H2,1-3H3/t12?,14-/m0/s1. The predicted molar refractivity (Wildman–Crippen MR) is 68.5 cm³/mol. The average molecular weight is 221 g/mol. The van der Waals surface area contributed by atoms with E-state index in [-0.39, 0.29) is 12.6 Å². The summed E-state index contributed by atoms with van der Waals surface area (Å²) >= 11 is 0. The molecular weight excluding hydrogens is 198 g/mol. The lowest BCUT2D eigenvalue weighted by Gasteiger charge is -2.24. The van der Waals surface area contributed by atoms with Crippen LogP contribution in [0, 0.1) is 5.92 Å². The van der Waals surface area contributed by atoms with Gasteiger partial charge in [0.25, 0.3) is 0 Å². The molecule has 1 aromatic carbocycles. The van der Waals surface area contributed by atoms with Crippen molar-refractivity contribution in [2.45, 2.75) is 39.3 Å². The highest BCUT2D eigenvalue weighted by Crippen LogP contribution is 2.06. The Morgan fingerprint density at radius 1 is 1.12 bits per heavy atom. The molecular formula is C14H23NO. The number of aliphatic hydroxyl groups excluding tert-OH is 1. The maximum atomic E-state index is 9.36. The van der Waals surface area contributed by atoms with Crippen LogP contribution < -0.4 is 5.32 Å². The van der Waals surface area contributed by atoms with Gasteiger partial charge < -0.3 is 10.4 Å². The maximum absolute atomic E-state index is 9.36. The summed E-state index contributed by atoms with van der Waals surface area (Å²) in [5.74, 6) is 0.588. The van der Waals surface area contributed by atoms with Crippen LogP contribution in [0.5, 0.6) is 0 Å². The summed E-state index contributed by atoms with van der Waals surface area (Å²) in [7, 11) is 0. The maximum Gasteiger partial charge on any atom is 0.0587 e. The zero-order valence-corrected chi connectivity index (χ0v) is 10.5. The fraction of sp³-hybridized carbons (Fsp3) is 0.571. The third kappa shape index (κ3) is 4.33. The van der Waals surface area contributed by atoms with Crippen LogP contribution in [0.1, 0.15) is 26.3 Å². The highest BCUT2D eigenvalue weighted by Gasteiger charge is 2.13. The molecule has 0 aliphatic heterocycles. The van der Waals surface area contributed by atoms with Crippen LogP contribution in [0.3, 0.4) is 0 Å². The van der Waals surface area contributed by atoms with Crippen molar-refractivity contribution >= 4 is 0 Å². The first kappa shape index (κ1) is 13.2. The molecule has 0 aliphatic rings. The summed E-state index contributed by atoms with van der Waals surface area (Å²) in [6.07, 6.45) is 0.883. The van der Waals surface area contributed by atoms with Gasteiger partial charge in [-0.15, -0.1) is 0 Å². The third-order valence-electron chi connectivity index (χ3n) is 3.04. The largest absolute Gasteiger partial charge is 0.395 e. The fourth-order valence-electron chi connectivity index (χ4n) is 1.64. The van der Waals surface area contributed by atoms with Gasteiger partial charge in [0.2, 0.25) is 0 Å². The van der Waals surface area contributed by atoms with E-state index >= 15 is 0 Å². The molecule has 0 aliphatic carbocycles. The van der Waals surface area contributed by atoms with E-state index in [0.717, 1.165) is 6.42 Å². The number of hydrogen-bond donors (Lipinski definition) is 2. The van der Waals surface area contributed by atoms with Gasteiger partial charge in [-0.2, -0.15) is 0 Å². The third-order valence-corrected chi connectivity index (χ3v) is 3.04. The van der Waals surface area contributed by atoms with Crippen LogP contribution in [0.25, 0.3) is 0 Å². The van der Waals surface area contributed by atoms with Crippen molar-refractivity contribution in [1.29, 1.82) is 0 Å². The zero-order chi connectivity index (χ0) is 12.0.